The van der Waals surface area contributed by atoms with Crippen molar-refractivity contribution in [1.29, 1.82) is 0 Å². The van der Waals surface area contributed by atoms with Crippen molar-refractivity contribution in [2.24, 2.45) is 0 Å². The van der Waals surface area contributed by atoms with Gasteiger partial charge in [0.05, 0.1) is 0 Å². The van der Waals surface area contributed by atoms with Crippen molar-refractivity contribution in [3.05, 3.63) is 90.0 Å². The number of hydrogen-bond donors (Lipinski definition) is 0. The van der Waals surface area contributed by atoms with E-state index in [2.05, 4.69) is 68.5 Å². The minimum atomic E-state index is -1.81. The van der Waals surface area contributed by atoms with E-state index in [1.54, 1.807) is 0 Å². The number of rotatable bonds is 5. The average molecular weight is 360 g/mol. The van der Waals surface area contributed by atoms with Crippen LogP contribution >= 0.6 is 0 Å². The van der Waals surface area contributed by atoms with Gasteiger partial charge in [0, 0.05) is 30.9 Å². The first-order valence-electron chi connectivity index (χ1n) is 8.88. The Balaban J connectivity index is 1.90. The lowest BCUT2D eigenvalue weighted by Gasteiger charge is -2.25. The number of nitrogens with zero attached hydrogens (tertiary/aromatic N) is 1. The Labute approximate surface area is 157 Å². The topological polar surface area (TPSA) is 20.3 Å². The number of anilines is 1. The normalized spacial score (nSPS) is 11.2. The highest BCUT2D eigenvalue weighted by molar-refractivity contribution is 7.00. The second-order valence-electron chi connectivity index (χ2n) is 7.34. The summed E-state index contributed by atoms with van der Waals surface area (Å²) in [6.07, 6.45) is 0. The Hall–Kier alpha value is -2.65. The molecular weight excluding hydrogens is 334 g/mol. The molecule has 0 unspecified atom stereocenters. The third-order valence-corrected chi connectivity index (χ3v) is 8.52. The largest absolute Gasteiger partial charge is 0.378 e. The molecule has 0 N–H and O–H groups in total. The van der Waals surface area contributed by atoms with Crippen LogP contribution in [-0.2, 0) is 0 Å². The van der Waals surface area contributed by atoms with E-state index in [1.807, 2.05) is 42.5 Å². The standard InChI is InChI=1S/C23H25NOSi/c1-24(2)20-11-8-12-22(17-20)26(3,4)21-15-13-19(14-16-21)23(25)18-9-6-5-7-10-18/h5-17H,1-4H3. The molecule has 3 aromatic carbocycles. The van der Waals surface area contributed by atoms with Gasteiger partial charge in [-0.15, -0.1) is 0 Å². The fourth-order valence-electron chi connectivity index (χ4n) is 3.13. The van der Waals surface area contributed by atoms with Gasteiger partial charge < -0.3 is 4.90 Å². The number of carbonyl (C=O) groups is 1. The van der Waals surface area contributed by atoms with Crippen LogP contribution in [0.4, 0.5) is 5.69 Å². The van der Waals surface area contributed by atoms with Crippen LogP contribution in [0, 0.1) is 0 Å². The molecule has 0 heterocycles. The predicted molar refractivity (Wildman–Crippen MR) is 114 cm³/mol. The van der Waals surface area contributed by atoms with Gasteiger partial charge in [-0.1, -0.05) is 90.2 Å². The van der Waals surface area contributed by atoms with E-state index in [1.165, 1.54) is 16.1 Å². The van der Waals surface area contributed by atoms with Crippen molar-refractivity contribution in [3.8, 4) is 0 Å². The van der Waals surface area contributed by atoms with E-state index in [4.69, 9.17) is 0 Å². The van der Waals surface area contributed by atoms with Crippen LogP contribution in [0.5, 0.6) is 0 Å². The highest BCUT2D eigenvalue weighted by atomic mass is 28.3. The van der Waals surface area contributed by atoms with Gasteiger partial charge in [0.25, 0.3) is 0 Å². The summed E-state index contributed by atoms with van der Waals surface area (Å²) in [5.41, 5.74) is 2.70. The lowest BCUT2D eigenvalue weighted by atomic mass is 10.0. The zero-order chi connectivity index (χ0) is 18.7. The third-order valence-electron chi connectivity index (χ3n) is 4.99. The van der Waals surface area contributed by atoms with Crippen molar-refractivity contribution in [1.82, 2.24) is 0 Å². The van der Waals surface area contributed by atoms with Crippen LogP contribution in [0.15, 0.2) is 78.9 Å². The number of benzene rings is 3. The van der Waals surface area contributed by atoms with Crippen LogP contribution < -0.4 is 15.3 Å². The van der Waals surface area contributed by atoms with E-state index in [0.717, 1.165) is 11.1 Å². The van der Waals surface area contributed by atoms with Gasteiger partial charge in [0.1, 0.15) is 8.07 Å². The van der Waals surface area contributed by atoms with Gasteiger partial charge in [-0.2, -0.15) is 0 Å². The van der Waals surface area contributed by atoms with E-state index in [-0.39, 0.29) is 5.78 Å². The quantitative estimate of drug-likeness (QED) is 0.510. The van der Waals surface area contributed by atoms with Crippen LogP contribution in [0.25, 0.3) is 0 Å². The molecule has 0 bridgehead atoms. The van der Waals surface area contributed by atoms with Gasteiger partial charge in [0.15, 0.2) is 5.78 Å². The second kappa shape index (κ2) is 7.30. The molecule has 0 atom stereocenters. The van der Waals surface area contributed by atoms with Gasteiger partial charge in [-0.25, -0.2) is 0 Å². The molecule has 0 saturated heterocycles. The first-order chi connectivity index (χ1) is 12.4. The zero-order valence-electron chi connectivity index (χ0n) is 15.9. The minimum absolute atomic E-state index is 0.0752. The second-order valence-corrected chi connectivity index (χ2v) is 11.7. The monoisotopic (exact) mass is 359 g/mol. The van der Waals surface area contributed by atoms with E-state index >= 15 is 0 Å². The first-order valence-corrected chi connectivity index (χ1v) is 11.9. The Morgan fingerprint density at radius 2 is 1.35 bits per heavy atom. The fourth-order valence-corrected chi connectivity index (χ4v) is 5.49. The lowest BCUT2D eigenvalue weighted by Crippen LogP contribution is -2.52. The Morgan fingerprint density at radius 3 is 1.96 bits per heavy atom. The maximum atomic E-state index is 12.6. The molecule has 3 rings (SSSR count). The fraction of sp³-hybridized carbons (Fsp3) is 0.174. The van der Waals surface area contributed by atoms with Crippen molar-refractivity contribution in [2.45, 2.75) is 13.1 Å². The molecule has 0 spiro atoms. The van der Waals surface area contributed by atoms with E-state index in [9.17, 15) is 4.79 Å². The van der Waals surface area contributed by atoms with Crippen molar-refractivity contribution >= 4 is 29.9 Å². The molecule has 0 radical (unpaired) electrons. The maximum absolute atomic E-state index is 12.6. The molecule has 0 fully saturated rings. The average Bonchev–Trinajstić information content (AvgIpc) is 2.68. The SMILES string of the molecule is CN(C)c1cccc([Si](C)(C)c2ccc(C(=O)c3ccccc3)cc2)c1. The molecule has 0 aromatic heterocycles. The molecule has 132 valence electrons. The summed E-state index contributed by atoms with van der Waals surface area (Å²) in [4.78, 5) is 14.7. The van der Waals surface area contributed by atoms with Gasteiger partial charge >= 0.3 is 0 Å². The molecule has 0 saturated carbocycles. The van der Waals surface area contributed by atoms with E-state index in [0.29, 0.717) is 0 Å². The molecule has 0 amide bonds. The molecule has 3 aromatic rings. The zero-order valence-corrected chi connectivity index (χ0v) is 16.9. The number of hydrogen-bond acceptors (Lipinski definition) is 2. The smallest absolute Gasteiger partial charge is 0.193 e. The summed E-state index contributed by atoms with van der Waals surface area (Å²) in [6, 6.07) is 26.4. The molecule has 26 heavy (non-hydrogen) atoms. The van der Waals surface area contributed by atoms with E-state index < -0.39 is 8.07 Å². The summed E-state index contributed by atoms with van der Waals surface area (Å²) in [6.45, 7) is 4.71. The van der Waals surface area contributed by atoms with Crippen LogP contribution in [-0.4, -0.2) is 28.0 Å². The summed E-state index contributed by atoms with van der Waals surface area (Å²) in [7, 11) is 2.33. The van der Waals surface area contributed by atoms with Crippen molar-refractivity contribution in [2.75, 3.05) is 19.0 Å². The summed E-state index contributed by atoms with van der Waals surface area (Å²) in [5.74, 6) is 0.0752. The van der Waals surface area contributed by atoms with Crippen LogP contribution in [0.2, 0.25) is 13.1 Å². The van der Waals surface area contributed by atoms with Crippen LogP contribution in [0.1, 0.15) is 15.9 Å². The van der Waals surface area contributed by atoms with Gasteiger partial charge in [-0.05, 0) is 12.1 Å². The summed E-state index contributed by atoms with van der Waals surface area (Å²) >= 11 is 0. The molecule has 2 nitrogen and oxygen atoms in total. The molecule has 0 aliphatic carbocycles. The highest BCUT2D eigenvalue weighted by Crippen LogP contribution is 2.14. The van der Waals surface area contributed by atoms with Gasteiger partial charge in [0.2, 0.25) is 0 Å². The van der Waals surface area contributed by atoms with Crippen molar-refractivity contribution in [3.63, 3.8) is 0 Å². The summed E-state index contributed by atoms with van der Waals surface area (Å²) < 4.78 is 0. The predicted octanol–water partition coefficient (Wildman–Crippen LogP) is 3.81. The minimum Gasteiger partial charge on any atom is -0.378 e. The molecular formula is C23H25NOSi. The Kier molecular flexibility index (Phi) is 5.10. The highest BCUT2D eigenvalue weighted by Gasteiger charge is 2.26. The Morgan fingerprint density at radius 1 is 0.731 bits per heavy atom. The van der Waals surface area contributed by atoms with Crippen LogP contribution in [0.3, 0.4) is 0 Å². The Bertz CT molecular complexity index is 899. The summed E-state index contributed by atoms with van der Waals surface area (Å²) in [5, 5.41) is 2.73. The molecule has 0 aliphatic heterocycles. The molecule has 0 aliphatic rings. The molecule has 3 heteroatoms. The maximum Gasteiger partial charge on any atom is 0.193 e. The lowest BCUT2D eigenvalue weighted by molar-refractivity contribution is 0.103. The number of carbonyl (C=O) groups excluding carboxylic acids is 1. The van der Waals surface area contributed by atoms with Gasteiger partial charge in [-0.3, -0.25) is 4.79 Å². The number of ketones is 1. The first kappa shape index (κ1) is 18.1. The van der Waals surface area contributed by atoms with Crippen molar-refractivity contribution < 1.29 is 4.79 Å². The third kappa shape index (κ3) is 3.63.